The van der Waals surface area contributed by atoms with Gasteiger partial charge in [0.1, 0.15) is 0 Å². The van der Waals surface area contributed by atoms with Gasteiger partial charge in [-0.05, 0) is 13.0 Å². The van der Waals surface area contributed by atoms with Crippen molar-refractivity contribution in [1.29, 1.82) is 0 Å². The van der Waals surface area contributed by atoms with Crippen LogP contribution in [-0.4, -0.2) is 16.8 Å². The highest BCUT2D eigenvalue weighted by Crippen LogP contribution is 2.01. The van der Waals surface area contributed by atoms with Crippen molar-refractivity contribution >= 4 is 12.4 Å². The van der Waals surface area contributed by atoms with Crippen molar-refractivity contribution < 1.29 is 0 Å². The van der Waals surface area contributed by atoms with E-state index in [9.17, 15) is 0 Å². The van der Waals surface area contributed by atoms with Gasteiger partial charge in [0.15, 0.2) is 0 Å². The molecule has 1 N–H and O–H groups in total. The lowest BCUT2D eigenvalue weighted by Gasteiger charge is -2.03. The van der Waals surface area contributed by atoms with Crippen LogP contribution in [0.5, 0.6) is 0 Å². The van der Waals surface area contributed by atoms with Gasteiger partial charge in [-0.2, -0.15) is 5.10 Å². The molecular weight excluding hydrogens is 186 g/mol. The third kappa shape index (κ3) is 4.29. The molecule has 0 atom stereocenters. The second kappa shape index (κ2) is 6.00. The largest absolute Gasteiger partial charge is 0.316 e. The average Bonchev–Trinajstić information content (AvgIpc) is 2.36. The Morgan fingerprint density at radius 3 is 2.77 bits per heavy atom. The van der Waals surface area contributed by atoms with Crippen molar-refractivity contribution in [1.82, 2.24) is 15.1 Å². The van der Waals surface area contributed by atoms with Crippen molar-refractivity contribution in [2.75, 3.05) is 7.05 Å². The minimum Gasteiger partial charge on any atom is -0.316 e. The number of nitrogens with zero attached hydrogens (tertiary/aromatic N) is 2. The monoisotopic (exact) mass is 203 g/mol. The normalized spacial score (nSPS) is 10.2. The lowest BCUT2D eigenvalue weighted by atomic mass is 10.2. The van der Waals surface area contributed by atoms with Gasteiger partial charge in [-0.1, -0.05) is 13.8 Å². The molecule has 0 aromatic carbocycles. The van der Waals surface area contributed by atoms with E-state index < -0.39 is 0 Å². The number of hydrogen-bond acceptors (Lipinski definition) is 2. The molecule has 0 unspecified atom stereocenters. The summed E-state index contributed by atoms with van der Waals surface area (Å²) in [6.07, 6.45) is 4.01. The summed E-state index contributed by atoms with van der Waals surface area (Å²) in [6, 6.07) is 0. The number of rotatable bonds is 4. The van der Waals surface area contributed by atoms with Gasteiger partial charge < -0.3 is 5.32 Å². The molecule has 0 amide bonds. The van der Waals surface area contributed by atoms with Gasteiger partial charge >= 0.3 is 0 Å². The van der Waals surface area contributed by atoms with E-state index in [1.807, 2.05) is 17.9 Å². The quantitative estimate of drug-likeness (QED) is 0.807. The van der Waals surface area contributed by atoms with Gasteiger partial charge in [0.05, 0.1) is 6.20 Å². The van der Waals surface area contributed by atoms with E-state index in [1.54, 1.807) is 0 Å². The molecular formula is C9H18ClN3. The summed E-state index contributed by atoms with van der Waals surface area (Å²) in [4.78, 5) is 0. The fraction of sp³-hybridized carbons (Fsp3) is 0.667. The molecule has 0 saturated carbocycles. The second-order valence-electron chi connectivity index (χ2n) is 3.49. The Morgan fingerprint density at radius 1 is 1.54 bits per heavy atom. The molecule has 0 bridgehead atoms. The molecule has 4 heteroatoms. The molecule has 1 rings (SSSR count). The van der Waals surface area contributed by atoms with Gasteiger partial charge in [0.2, 0.25) is 0 Å². The molecule has 0 aliphatic carbocycles. The van der Waals surface area contributed by atoms with Gasteiger partial charge in [0, 0.05) is 24.8 Å². The number of hydrogen-bond donors (Lipinski definition) is 1. The molecule has 0 saturated heterocycles. The predicted octanol–water partition coefficient (Wildman–Crippen LogP) is 1.68. The van der Waals surface area contributed by atoms with Crippen LogP contribution in [0, 0.1) is 5.92 Å². The minimum absolute atomic E-state index is 0. The maximum atomic E-state index is 4.25. The fourth-order valence-electron chi connectivity index (χ4n) is 1.18. The first-order valence-electron chi connectivity index (χ1n) is 4.38. The van der Waals surface area contributed by atoms with Crippen molar-refractivity contribution in [3.05, 3.63) is 18.0 Å². The van der Waals surface area contributed by atoms with Crippen LogP contribution in [0.1, 0.15) is 19.4 Å². The summed E-state index contributed by atoms with van der Waals surface area (Å²) >= 11 is 0. The Balaban J connectivity index is 0.00000144. The zero-order valence-corrected chi connectivity index (χ0v) is 9.27. The van der Waals surface area contributed by atoms with Crippen LogP contribution in [-0.2, 0) is 13.1 Å². The Labute approximate surface area is 85.9 Å². The molecule has 0 fully saturated rings. The topological polar surface area (TPSA) is 29.9 Å². The summed E-state index contributed by atoms with van der Waals surface area (Å²) in [7, 11) is 1.94. The number of halogens is 1. The van der Waals surface area contributed by atoms with E-state index in [2.05, 4.69) is 30.5 Å². The maximum absolute atomic E-state index is 4.25. The first-order valence-corrected chi connectivity index (χ1v) is 4.38. The van der Waals surface area contributed by atoms with Crippen LogP contribution in [0.2, 0.25) is 0 Å². The van der Waals surface area contributed by atoms with Crippen molar-refractivity contribution in [3.63, 3.8) is 0 Å². The van der Waals surface area contributed by atoms with Crippen LogP contribution in [0.15, 0.2) is 12.4 Å². The molecule has 13 heavy (non-hydrogen) atoms. The molecule has 1 aromatic heterocycles. The van der Waals surface area contributed by atoms with Crippen LogP contribution >= 0.6 is 12.4 Å². The van der Waals surface area contributed by atoms with Crippen LogP contribution in [0.3, 0.4) is 0 Å². The zero-order chi connectivity index (χ0) is 8.97. The fourth-order valence-corrected chi connectivity index (χ4v) is 1.18. The molecule has 0 aliphatic rings. The molecule has 0 aliphatic heterocycles. The molecule has 0 spiro atoms. The first-order chi connectivity index (χ1) is 5.72. The molecule has 3 nitrogen and oxygen atoms in total. The minimum atomic E-state index is 0. The number of nitrogens with one attached hydrogen (secondary N) is 1. The number of aromatic nitrogens is 2. The van der Waals surface area contributed by atoms with E-state index in [0.717, 1.165) is 13.1 Å². The summed E-state index contributed by atoms with van der Waals surface area (Å²) < 4.78 is 2.00. The van der Waals surface area contributed by atoms with Crippen molar-refractivity contribution in [2.24, 2.45) is 5.92 Å². The first kappa shape index (κ1) is 12.5. The van der Waals surface area contributed by atoms with Gasteiger partial charge in [-0.15, -0.1) is 12.4 Å². The smallest absolute Gasteiger partial charge is 0.0534 e. The van der Waals surface area contributed by atoms with E-state index in [4.69, 9.17) is 0 Å². The summed E-state index contributed by atoms with van der Waals surface area (Å²) in [5, 5.41) is 7.35. The SMILES string of the molecule is CNCc1cnn(CC(C)C)c1.Cl. The second-order valence-corrected chi connectivity index (χ2v) is 3.49. The zero-order valence-electron chi connectivity index (χ0n) is 8.45. The Bertz CT molecular complexity index is 233. The molecule has 1 heterocycles. The lowest BCUT2D eigenvalue weighted by molar-refractivity contribution is 0.483. The van der Waals surface area contributed by atoms with E-state index in [0.29, 0.717) is 5.92 Å². The highest BCUT2D eigenvalue weighted by molar-refractivity contribution is 5.85. The predicted molar refractivity (Wildman–Crippen MR) is 57.1 cm³/mol. The molecule has 76 valence electrons. The van der Waals surface area contributed by atoms with Gasteiger partial charge in [0.25, 0.3) is 0 Å². The van der Waals surface area contributed by atoms with E-state index in [1.165, 1.54) is 5.56 Å². The maximum Gasteiger partial charge on any atom is 0.0534 e. The summed E-state index contributed by atoms with van der Waals surface area (Å²) in [5.41, 5.74) is 1.25. The third-order valence-electron chi connectivity index (χ3n) is 1.62. The average molecular weight is 204 g/mol. The summed E-state index contributed by atoms with van der Waals surface area (Å²) in [5.74, 6) is 0.660. The van der Waals surface area contributed by atoms with Crippen LogP contribution in [0.25, 0.3) is 0 Å². The third-order valence-corrected chi connectivity index (χ3v) is 1.62. The van der Waals surface area contributed by atoms with Crippen molar-refractivity contribution in [2.45, 2.75) is 26.9 Å². The highest BCUT2D eigenvalue weighted by atomic mass is 35.5. The van der Waals surface area contributed by atoms with Crippen molar-refractivity contribution in [3.8, 4) is 0 Å². The van der Waals surface area contributed by atoms with E-state index >= 15 is 0 Å². The highest BCUT2D eigenvalue weighted by Gasteiger charge is 1.98. The Hall–Kier alpha value is -0.540. The standard InChI is InChI=1S/C9H17N3.ClH/c1-8(2)6-12-7-9(4-10-3)5-11-12;/h5,7-8,10H,4,6H2,1-3H3;1H. The molecule has 0 radical (unpaired) electrons. The Morgan fingerprint density at radius 2 is 2.23 bits per heavy atom. The van der Waals surface area contributed by atoms with Gasteiger partial charge in [-0.3, -0.25) is 4.68 Å². The summed E-state index contributed by atoms with van der Waals surface area (Å²) in [6.45, 7) is 6.29. The molecule has 1 aromatic rings. The van der Waals surface area contributed by atoms with E-state index in [-0.39, 0.29) is 12.4 Å². The van der Waals surface area contributed by atoms with Crippen LogP contribution < -0.4 is 5.32 Å². The Kier molecular flexibility index (Phi) is 5.75. The lowest BCUT2D eigenvalue weighted by Crippen LogP contribution is -2.05. The van der Waals surface area contributed by atoms with Crippen LogP contribution in [0.4, 0.5) is 0 Å². The van der Waals surface area contributed by atoms with Gasteiger partial charge in [-0.25, -0.2) is 0 Å².